The molecule has 3 fully saturated rings. The molecule has 7 nitrogen and oxygen atoms in total. The molecule has 3 heterocycles. The van der Waals surface area contributed by atoms with Gasteiger partial charge in [-0.15, -0.1) is 0 Å². The molecule has 1 amide bonds. The van der Waals surface area contributed by atoms with Crippen molar-refractivity contribution < 1.29 is 9.18 Å². The molecule has 1 aromatic heterocycles. The number of halogens is 1. The summed E-state index contributed by atoms with van der Waals surface area (Å²) in [6, 6.07) is 15.6. The van der Waals surface area contributed by atoms with Gasteiger partial charge in [0.25, 0.3) is 0 Å². The molecule has 1 saturated carbocycles. The number of para-hydroxylation sites is 2. The first kappa shape index (κ1) is 24.4. The third kappa shape index (κ3) is 5.36. The number of anilines is 1. The van der Waals surface area contributed by atoms with Crippen LogP contribution in [0.15, 0.2) is 48.5 Å². The summed E-state index contributed by atoms with van der Waals surface area (Å²) in [5.41, 5.74) is 3.09. The van der Waals surface area contributed by atoms with Crippen molar-refractivity contribution in [2.45, 2.75) is 38.3 Å². The summed E-state index contributed by atoms with van der Waals surface area (Å²) in [5, 5.41) is 0. The van der Waals surface area contributed by atoms with E-state index < -0.39 is 0 Å². The molecule has 0 unspecified atom stereocenters. The van der Waals surface area contributed by atoms with E-state index in [-0.39, 0.29) is 11.7 Å². The van der Waals surface area contributed by atoms with Crippen molar-refractivity contribution in [2.75, 3.05) is 63.8 Å². The largest absolute Gasteiger partial charge is 0.340 e. The van der Waals surface area contributed by atoms with Gasteiger partial charge in [-0.3, -0.25) is 14.6 Å². The van der Waals surface area contributed by atoms with Crippen LogP contribution in [-0.4, -0.2) is 95.1 Å². The van der Waals surface area contributed by atoms with Crippen LogP contribution in [0.4, 0.5) is 10.3 Å². The number of nitrogens with zero attached hydrogens (tertiary/aromatic N) is 6. The number of carbonyl (C=O) groups excluding carboxylic acids is 1. The maximum absolute atomic E-state index is 13.5. The van der Waals surface area contributed by atoms with E-state index in [0.29, 0.717) is 13.1 Å². The second-order valence-electron chi connectivity index (χ2n) is 10.7. The topological polar surface area (TPSA) is 47.9 Å². The molecule has 1 aliphatic carbocycles. The van der Waals surface area contributed by atoms with E-state index in [1.807, 2.05) is 30.3 Å². The highest BCUT2D eigenvalue weighted by Crippen LogP contribution is 2.26. The Bertz CT molecular complexity index is 1200. The highest BCUT2D eigenvalue weighted by Gasteiger charge is 2.29. The molecular formula is C29H37FN6O. The fourth-order valence-electron chi connectivity index (χ4n) is 6.24. The SMILES string of the molecule is O=C(CN1CCN(c2nc3ccccc3n2Cc2ccc(F)cc2)CC1)N1CCN(C2CCCC2)CC1. The van der Waals surface area contributed by atoms with E-state index in [2.05, 4.69) is 30.2 Å². The Hall–Kier alpha value is -2.97. The van der Waals surface area contributed by atoms with Crippen LogP contribution >= 0.6 is 0 Å². The number of aromatic nitrogens is 2. The maximum atomic E-state index is 13.5. The zero-order valence-corrected chi connectivity index (χ0v) is 21.6. The number of benzene rings is 2. The number of fused-ring (bicyclic) bond motifs is 1. The third-order valence-corrected chi connectivity index (χ3v) is 8.41. The minimum atomic E-state index is -0.221. The monoisotopic (exact) mass is 504 g/mol. The summed E-state index contributed by atoms with van der Waals surface area (Å²) in [5.74, 6) is 0.989. The summed E-state index contributed by atoms with van der Waals surface area (Å²) < 4.78 is 15.7. The molecule has 0 spiro atoms. The normalized spacial score (nSPS) is 20.2. The highest BCUT2D eigenvalue weighted by atomic mass is 19.1. The van der Waals surface area contributed by atoms with Gasteiger partial charge >= 0.3 is 0 Å². The van der Waals surface area contributed by atoms with Gasteiger partial charge in [0.2, 0.25) is 11.9 Å². The summed E-state index contributed by atoms with van der Waals surface area (Å²) in [6.07, 6.45) is 5.38. The van der Waals surface area contributed by atoms with Crippen molar-refractivity contribution in [3.05, 3.63) is 59.9 Å². The smallest absolute Gasteiger partial charge is 0.236 e. The fraction of sp³-hybridized carbons (Fsp3) is 0.517. The first-order valence-corrected chi connectivity index (χ1v) is 13.8. The Balaban J connectivity index is 1.07. The minimum Gasteiger partial charge on any atom is -0.340 e. The van der Waals surface area contributed by atoms with Crippen LogP contribution in [0, 0.1) is 5.82 Å². The zero-order chi connectivity index (χ0) is 25.2. The Morgan fingerprint density at radius 1 is 0.865 bits per heavy atom. The molecule has 37 heavy (non-hydrogen) atoms. The van der Waals surface area contributed by atoms with E-state index >= 15 is 0 Å². The number of piperazine rings is 2. The number of rotatable bonds is 6. The fourth-order valence-corrected chi connectivity index (χ4v) is 6.24. The molecule has 0 N–H and O–H groups in total. The van der Waals surface area contributed by atoms with Crippen LogP contribution in [0.1, 0.15) is 31.2 Å². The lowest BCUT2D eigenvalue weighted by Crippen LogP contribution is -2.55. The Kier molecular flexibility index (Phi) is 7.11. The van der Waals surface area contributed by atoms with Gasteiger partial charge < -0.3 is 14.4 Å². The first-order chi connectivity index (χ1) is 18.1. The van der Waals surface area contributed by atoms with Crippen LogP contribution in [0.5, 0.6) is 0 Å². The molecule has 3 aromatic rings. The Morgan fingerprint density at radius 3 is 2.30 bits per heavy atom. The quantitative estimate of drug-likeness (QED) is 0.515. The Morgan fingerprint density at radius 2 is 1.57 bits per heavy atom. The van der Waals surface area contributed by atoms with E-state index in [1.165, 1.54) is 37.8 Å². The van der Waals surface area contributed by atoms with Crippen molar-refractivity contribution >= 4 is 22.9 Å². The van der Waals surface area contributed by atoms with Gasteiger partial charge in [-0.2, -0.15) is 0 Å². The number of imidazole rings is 1. The summed E-state index contributed by atoms with van der Waals surface area (Å²) in [6.45, 7) is 8.26. The molecule has 2 aliphatic heterocycles. The molecule has 8 heteroatoms. The van der Waals surface area contributed by atoms with Gasteiger partial charge in [-0.05, 0) is 42.7 Å². The van der Waals surface area contributed by atoms with Crippen LogP contribution < -0.4 is 4.90 Å². The predicted octanol–water partition coefficient (Wildman–Crippen LogP) is 3.43. The van der Waals surface area contributed by atoms with Crippen LogP contribution in [0.3, 0.4) is 0 Å². The summed E-state index contributed by atoms with van der Waals surface area (Å²) in [7, 11) is 0. The van der Waals surface area contributed by atoms with E-state index in [9.17, 15) is 9.18 Å². The number of carbonyl (C=O) groups is 1. The number of hydrogen-bond donors (Lipinski definition) is 0. The standard InChI is InChI=1S/C29H37FN6O/c30-24-11-9-23(10-12-24)21-36-27-8-4-3-7-26(27)31-29(36)35-15-13-32(14-16-35)22-28(37)34-19-17-33(18-20-34)25-5-1-2-6-25/h3-4,7-12,25H,1-2,5-6,13-22H2. The van der Waals surface area contributed by atoms with Crippen LogP contribution in [-0.2, 0) is 11.3 Å². The summed E-state index contributed by atoms with van der Waals surface area (Å²) in [4.78, 5) is 27.3. The lowest BCUT2D eigenvalue weighted by Gasteiger charge is -2.40. The zero-order valence-electron chi connectivity index (χ0n) is 21.6. The van der Waals surface area contributed by atoms with Crippen molar-refractivity contribution in [1.29, 1.82) is 0 Å². The van der Waals surface area contributed by atoms with Gasteiger partial charge in [-0.1, -0.05) is 37.1 Å². The predicted molar refractivity (Wildman–Crippen MR) is 144 cm³/mol. The van der Waals surface area contributed by atoms with E-state index in [4.69, 9.17) is 4.98 Å². The second kappa shape index (κ2) is 10.8. The molecule has 3 aliphatic rings. The first-order valence-electron chi connectivity index (χ1n) is 13.8. The van der Waals surface area contributed by atoms with Crippen molar-refractivity contribution in [3.8, 4) is 0 Å². The van der Waals surface area contributed by atoms with Gasteiger partial charge in [0.1, 0.15) is 5.82 Å². The van der Waals surface area contributed by atoms with E-state index in [1.54, 1.807) is 0 Å². The van der Waals surface area contributed by atoms with Crippen LogP contribution in [0.2, 0.25) is 0 Å². The minimum absolute atomic E-state index is 0.221. The molecule has 6 rings (SSSR count). The van der Waals surface area contributed by atoms with Gasteiger partial charge in [0.05, 0.1) is 24.1 Å². The van der Waals surface area contributed by atoms with Gasteiger partial charge in [-0.25, -0.2) is 9.37 Å². The second-order valence-corrected chi connectivity index (χ2v) is 10.7. The maximum Gasteiger partial charge on any atom is 0.236 e. The Labute approximate surface area is 218 Å². The molecule has 196 valence electrons. The van der Waals surface area contributed by atoms with E-state index in [0.717, 1.165) is 80.9 Å². The number of hydrogen-bond acceptors (Lipinski definition) is 5. The van der Waals surface area contributed by atoms with Crippen molar-refractivity contribution in [1.82, 2.24) is 24.3 Å². The molecule has 0 bridgehead atoms. The molecule has 0 radical (unpaired) electrons. The van der Waals surface area contributed by atoms with Crippen molar-refractivity contribution in [3.63, 3.8) is 0 Å². The number of amides is 1. The molecule has 2 saturated heterocycles. The lowest BCUT2D eigenvalue weighted by molar-refractivity contribution is -0.134. The van der Waals surface area contributed by atoms with Crippen molar-refractivity contribution in [2.24, 2.45) is 0 Å². The summed E-state index contributed by atoms with van der Waals surface area (Å²) >= 11 is 0. The average molecular weight is 505 g/mol. The molecule has 2 aromatic carbocycles. The molecular weight excluding hydrogens is 467 g/mol. The average Bonchev–Trinajstić information content (AvgIpc) is 3.60. The lowest BCUT2D eigenvalue weighted by atomic mass is 10.2. The molecule has 0 atom stereocenters. The highest BCUT2D eigenvalue weighted by molar-refractivity contribution is 5.79. The van der Waals surface area contributed by atoms with Gasteiger partial charge in [0, 0.05) is 58.4 Å². The van der Waals surface area contributed by atoms with Gasteiger partial charge in [0.15, 0.2) is 0 Å². The third-order valence-electron chi connectivity index (χ3n) is 8.41. The van der Waals surface area contributed by atoms with Crippen LogP contribution in [0.25, 0.3) is 11.0 Å².